The van der Waals surface area contributed by atoms with Gasteiger partial charge in [-0.3, -0.25) is 4.79 Å². The molecule has 0 spiro atoms. The van der Waals surface area contributed by atoms with Gasteiger partial charge in [-0.1, -0.05) is 13.8 Å². The highest BCUT2D eigenvalue weighted by Crippen LogP contribution is 2.51. The lowest BCUT2D eigenvalue weighted by Gasteiger charge is -2.58. The maximum absolute atomic E-state index is 12.9. The van der Waals surface area contributed by atoms with Crippen molar-refractivity contribution in [3.63, 3.8) is 0 Å². The number of carboxylic acids is 1. The maximum Gasteiger partial charge on any atom is 0.330 e. The Hall–Kier alpha value is -1.95. The van der Waals surface area contributed by atoms with Crippen molar-refractivity contribution in [2.24, 2.45) is 5.41 Å². The van der Waals surface area contributed by atoms with Crippen LogP contribution in [0.3, 0.4) is 0 Å². The molecule has 0 aromatic heterocycles. The average molecular weight is 309 g/mol. The highest BCUT2D eigenvalue weighted by molar-refractivity contribution is 5.98. The van der Waals surface area contributed by atoms with Gasteiger partial charge in [-0.05, 0) is 31.2 Å². The van der Waals surface area contributed by atoms with Gasteiger partial charge in [0, 0.05) is 24.0 Å². The third kappa shape index (κ3) is 2.47. The van der Waals surface area contributed by atoms with Crippen LogP contribution >= 0.6 is 0 Å². The Balaban J connectivity index is 2.22. The highest BCUT2D eigenvalue weighted by atomic mass is 19.1. The fourth-order valence-electron chi connectivity index (χ4n) is 2.90. The smallest absolute Gasteiger partial charge is 0.330 e. The average Bonchev–Trinajstić information content (AvgIpc) is 2.46. The van der Waals surface area contributed by atoms with Crippen molar-refractivity contribution in [3.8, 4) is 0 Å². The molecule has 1 fully saturated rings. The Morgan fingerprint density at radius 2 is 1.95 bits per heavy atom. The molecular formula is C16H20FNO4. The zero-order valence-corrected chi connectivity index (χ0v) is 12.9. The molecule has 1 aliphatic rings. The molecule has 1 aromatic rings. The van der Waals surface area contributed by atoms with E-state index in [0.29, 0.717) is 6.61 Å². The van der Waals surface area contributed by atoms with Gasteiger partial charge in [-0.15, -0.1) is 0 Å². The summed E-state index contributed by atoms with van der Waals surface area (Å²) in [6, 6.07) is 4.98. The second kappa shape index (κ2) is 5.68. The minimum atomic E-state index is -1.39. The number of hydrogen-bond acceptors (Lipinski definition) is 3. The number of amides is 1. The van der Waals surface area contributed by atoms with Crippen LogP contribution in [0, 0.1) is 11.2 Å². The summed E-state index contributed by atoms with van der Waals surface area (Å²) in [6.07, 6.45) is -0.0297. The van der Waals surface area contributed by atoms with Crippen LogP contribution in [0.25, 0.3) is 0 Å². The van der Waals surface area contributed by atoms with Crippen molar-refractivity contribution in [3.05, 3.63) is 35.6 Å². The lowest BCUT2D eigenvalue weighted by Crippen LogP contribution is -2.76. The van der Waals surface area contributed by atoms with E-state index in [1.54, 1.807) is 13.8 Å². The van der Waals surface area contributed by atoms with Crippen molar-refractivity contribution in [2.45, 2.75) is 38.8 Å². The molecule has 2 atom stereocenters. The van der Waals surface area contributed by atoms with Crippen molar-refractivity contribution in [1.29, 1.82) is 0 Å². The number of carbonyl (C=O) groups is 2. The van der Waals surface area contributed by atoms with E-state index in [-0.39, 0.29) is 18.1 Å². The van der Waals surface area contributed by atoms with Crippen LogP contribution in [-0.2, 0) is 9.53 Å². The Morgan fingerprint density at radius 1 is 1.36 bits per heavy atom. The van der Waals surface area contributed by atoms with Gasteiger partial charge in [0.05, 0.1) is 6.10 Å². The van der Waals surface area contributed by atoms with Gasteiger partial charge in [-0.25, -0.2) is 9.18 Å². The molecule has 1 aromatic carbocycles. The molecule has 2 rings (SSSR count). The number of carboxylic acid groups (broad SMARTS) is 1. The molecule has 5 nitrogen and oxygen atoms in total. The Morgan fingerprint density at radius 3 is 2.41 bits per heavy atom. The minimum absolute atomic E-state index is 0.204. The first-order valence-electron chi connectivity index (χ1n) is 7.17. The quantitative estimate of drug-likeness (QED) is 0.874. The molecule has 0 heterocycles. The summed E-state index contributed by atoms with van der Waals surface area (Å²) in [5, 5.41) is 12.2. The molecule has 2 N–H and O–H groups in total. The van der Waals surface area contributed by atoms with Crippen molar-refractivity contribution in [2.75, 3.05) is 6.61 Å². The predicted octanol–water partition coefficient (Wildman–Crippen LogP) is 2.21. The molecule has 0 aliphatic heterocycles. The monoisotopic (exact) mass is 309 g/mol. The highest BCUT2D eigenvalue weighted by Gasteiger charge is 2.66. The van der Waals surface area contributed by atoms with E-state index in [0.717, 1.165) is 12.1 Å². The van der Waals surface area contributed by atoms with Crippen molar-refractivity contribution >= 4 is 11.9 Å². The van der Waals surface area contributed by atoms with Crippen molar-refractivity contribution < 1.29 is 23.8 Å². The third-order valence-corrected chi connectivity index (χ3v) is 4.56. The van der Waals surface area contributed by atoms with E-state index >= 15 is 0 Å². The number of benzene rings is 1. The van der Waals surface area contributed by atoms with E-state index in [2.05, 4.69) is 5.32 Å². The van der Waals surface area contributed by atoms with Gasteiger partial charge in [0.25, 0.3) is 5.91 Å². The Kier molecular flexibility index (Phi) is 4.24. The number of nitrogens with one attached hydrogen (secondary N) is 1. The molecule has 0 bridgehead atoms. The Labute approximate surface area is 128 Å². The van der Waals surface area contributed by atoms with E-state index in [9.17, 15) is 19.1 Å². The first kappa shape index (κ1) is 16.4. The summed E-state index contributed by atoms with van der Waals surface area (Å²) < 4.78 is 18.4. The predicted molar refractivity (Wildman–Crippen MR) is 78.0 cm³/mol. The molecule has 120 valence electrons. The second-order valence-electron chi connectivity index (χ2n) is 6.04. The van der Waals surface area contributed by atoms with E-state index in [4.69, 9.17) is 4.74 Å². The SMILES string of the molecule is CCOC1CC(NC(=O)c2ccc(F)cc2)(C(=O)O)C1(C)C. The molecule has 22 heavy (non-hydrogen) atoms. The van der Waals surface area contributed by atoms with Gasteiger partial charge < -0.3 is 15.2 Å². The van der Waals surface area contributed by atoms with Crippen LogP contribution in [-0.4, -0.2) is 35.2 Å². The minimum Gasteiger partial charge on any atom is -0.479 e. The van der Waals surface area contributed by atoms with Gasteiger partial charge in [-0.2, -0.15) is 0 Å². The second-order valence-corrected chi connectivity index (χ2v) is 6.04. The fraction of sp³-hybridized carbons (Fsp3) is 0.500. The maximum atomic E-state index is 12.9. The fourth-order valence-corrected chi connectivity index (χ4v) is 2.90. The van der Waals surface area contributed by atoms with Crippen molar-refractivity contribution in [1.82, 2.24) is 5.32 Å². The molecule has 2 unspecified atom stereocenters. The number of hydrogen-bond donors (Lipinski definition) is 2. The third-order valence-electron chi connectivity index (χ3n) is 4.56. The standard InChI is InChI=1S/C16H20FNO4/c1-4-22-12-9-16(14(20)21,15(12,2)3)18-13(19)10-5-7-11(17)8-6-10/h5-8,12H,4,9H2,1-3H3,(H,18,19)(H,20,21). The first-order valence-corrected chi connectivity index (χ1v) is 7.17. The largest absolute Gasteiger partial charge is 0.479 e. The van der Waals surface area contributed by atoms with Crippen LogP contribution in [0.1, 0.15) is 37.6 Å². The van der Waals surface area contributed by atoms with Crippen LogP contribution in [0.15, 0.2) is 24.3 Å². The molecule has 6 heteroatoms. The molecule has 0 saturated heterocycles. The summed E-state index contributed by atoms with van der Waals surface area (Å²) in [7, 11) is 0. The van der Waals surface area contributed by atoms with Gasteiger partial charge in [0.1, 0.15) is 11.4 Å². The summed E-state index contributed by atoms with van der Waals surface area (Å²) in [4.78, 5) is 24.0. The molecule has 1 amide bonds. The molecule has 0 radical (unpaired) electrons. The summed E-state index contributed by atoms with van der Waals surface area (Å²) in [5.74, 6) is -2.08. The normalized spacial score (nSPS) is 26.1. The van der Waals surface area contributed by atoms with E-state index in [1.807, 2.05) is 6.92 Å². The lowest BCUT2D eigenvalue weighted by atomic mass is 9.54. The summed E-state index contributed by atoms with van der Waals surface area (Å²) in [5.41, 5.74) is -1.92. The van der Waals surface area contributed by atoms with Crippen LogP contribution < -0.4 is 5.32 Å². The molecule has 1 saturated carbocycles. The van der Waals surface area contributed by atoms with E-state index < -0.39 is 28.6 Å². The van der Waals surface area contributed by atoms with E-state index in [1.165, 1.54) is 12.1 Å². The zero-order chi connectivity index (χ0) is 16.5. The van der Waals surface area contributed by atoms with Gasteiger partial charge in [0.15, 0.2) is 0 Å². The van der Waals surface area contributed by atoms with Crippen LogP contribution in [0.2, 0.25) is 0 Å². The first-order chi connectivity index (χ1) is 10.2. The topological polar surface area (TPSA) is 75.6 Å². The lowest BCUT2D eigenvalue weighted by molar-refractivity contribution is -0.190. The number of halogens is 1. The number of ether oxygens (including phenoxy) is 1. The Bertz CT molecular complexity index is 584. The number of carbonyl (C=O) groups excluding carboxylic acids is 1. The summed E-state index contributed by atoms with van der Waals surface area (Å²) in [6.45, 7) is 5.84. The molecule has 1 aliphatic carbocycles. The van der Waals surface area contributed by atoms with Gasteiger partial charge in [0.2, 0.25) is 0 Å². The molecular weight excluding hydrogens is 289 g/mol. The van der Waals surface area contributed by atoms with Crippen LogP contribution in [0.5, 0.6) is 0 Å². The van der Waals surface area contributed by atoms with Crippen LogP contribution in [0.4, 0.5) is 4.39 Å². The summed E-state index contributed by atoms with van der Waals surface area (Å²) >= 11 is 0. The van der Waals surface area contributed by atoms with Gasteiger partial charge >= 0.3 is 5.97 Å². The number of rotatable bonds is 5. The number of aliphatic carboxylic acids is 1. The zero-order valence-electron chi connectivity index (χ0n) is 12.9.